The fraction of sp³-hybridized carbons (Fsp3) is 0.700. The summed E-state index contributed by atoms with van der Waals surface area (Å²) in [4.78, 5) is 13.0. The standard InChI is InChI=1S/C10H19N5OS/c1-10(2,3)8-12-13-9(15(8)11)17-6-7(16)14(4)5/h6,11H2,1-5H3. The molecule has 1 rings (SSSR count). The Kier molecular flexibility index (Phi) is 4.03. The molecule has 1 aromatic rings. The van der Waals surface area contributed by atoms with E-state index in [4.69, 9.17) is 5.84 Å². The lowest BCUT2D eigenvalue weighted by molar-refractivity contribution is -0.125. The zero-order valence-corrected chi connectivity index (χ0v) is 11.7. The minimum Gasteiger partial charge on any atom is -0.348 e. The fourth-order valence-corrected chi connectivity index (χ4v) is 1.98. The van der Waals surface area contributed by atoms with E-state index in [0.717, 1.165) is 0 Å². The van der Waals surface area contributed by atoms with Crippen LogP contribution in [0.1, 0.15) is 26.6 Å². The van der Waals surface area contributed by atoms with Gasteiger partial charge in [0.2, 0.25) is 11.1 Å². The van der Waals surface area contributed by atoms with Crippen LogP contribution < -0.4 is 5.84 Å². The number of carbonyl (C=O) groups excluding carboxylic acids is 1. The van der Waals surface area contributed by atoms with Gasteiger partial charge >= 0.3 is 0 Å². The summed E-state index contributed by atoms with van der Waals surface area (Å²) in [7, 11) is 3.44. The SMILES string of the molecule is CN(C)C(=O)CSc1nnc(C(C)(C)C)n1N. The summed E-state index contributed by atoms with van der Waals surface area (Å²) < 4.78 is 1.45. The highest BCUT2D eigenvalue weighted by Crippen LogP contribution is 2.23. The van der Waals surface area contributed by atoms with Crippen LogP contribution in [0.3, 0.4) is 0 Å². The second-order valence-electron chi connectivity index (χ2n) is 5.00. The Morgan fingerprint density at radius 1 is 1.41 bits per heavy atom. The maximum Gasteiger partial charge on any atom is 0.232 e. The molecule has 0 fully saturated rings. The Morgan fingerprint density at radius 2 is 2.00 bits per heavy atom. The summed E-state index contributed by atoms with van der Waals surface area (Å²) in [5, 5.41) is 8.61. The molecule has 0 atom stereocenters. The molecule has 0 unspecified atom stereocenters. The van der Waals surface area contributed by atoms with Crippen LogP contribution in [0.4, 0.5) is 0 Å². The molecule has 0 aliphatic heterocycles. The number of amides is 1. The third kappa shape index (κ3) is 3.36. The Bertz CT molecular complexity index is 407. The van der Waals surface area contributed by atoms with Crippen molar-refractivity contribution in [3.63, 3.8) is 0 Å². The Hall–Kier alpha value is -1.24. The zero-order valence-electron chi connectivity index (χ0n) is 10.9. The molecule has 6 nitrogen and oxygen atoms in total. The average Bonchev–Trinajstić information content (AvgIpc) is 2.55. The highest BCUT2D eigenvalue weighted by atomic mass is 32.2. The molecule has 1 amide bonds. The molecule has 0 radical (unpaired) electrons. The molecule has 0 aromatic carbocycles. The molecule has 0 spiro atoms. The number of hydrogen-bond acceptors (Lipinski definition) is 5. The third-order valence-electron chi connectivity index (χ3n) is 2.16. The highest BCUT2D eigenvalue weighted by molar-refractivity contribution is 7.99. The maximum atomic E-state index is 11.4. The van der Waals surface area contributed by atoms with Crippen molar-refractivity contribution in [1.29, 1.82) is 0 Å². The number of aromatic nitrogens is 3. The van der Waals surface area contributed by atoms with Crippen molar-refractivity contribution in [3.8, 4) is 0 Å². The number of thioether (sulfide) groups is 1. The van der Waals surface area contributed by atoms with Crippen LogP contribution in [0, 0.1) is 0 Å². The summed E-state index contributed by atoms with van der Waals surface area (Å²) in [5.41, 5.74) is -0.161. The van der Waals surface area contributed by atoms with Crippen LogP contribution >= 0.6 is 11.8 Å². The summed E-state index contributed by atoms with van der Waals surface area (Å²) in [6.07, 6.45) is 0. The molecule has 1 aromatic heterocycles. The molecule has 7 heteroatoms. The number of nitrogen functional groups attached to an aromatic ring is 1. The van der Waals surface area contributed by atoms with Crippen molar-refractivity contribution in [2.24, 2.45) is 0 Å². The summed E-state index contributed by atoms with van der Waals surface area (Å²) in [6, 6.07) is 0. The Balaban J connectivity index is 2.75. The second-order valence-corrected chi connectivity index (χ2v) is 5.95. The van der Waals surface area contributed by atoms with Gasteiger partial charge in [-0.3, -0.25) is 4.79 Å². The van der Waals surface area contributed by atoms with E-state index < -0.39 is 0 Å². The van der Waals surface area contributed by atoms with Gasteiger partial charge in [0.05, 0.1) is 5.75 Å². The van der Waals surface area contributed by atoms with Crippen LogP contribution in [0.2, 0.25) is 0 Å². The number of nitrogens with two attached hydrogens (primary N) is 1. The molecule has 0 saturated carbocycles. The third-order valence-corrected chi connectivity index (χ3v) is 3.09. The molecule has 0 bridgehead atoms. The van der Waals surface area contributed by atoms with Gasteiger partial charge in [-0.2, -0.15) is 0 Å². The monoisotopic (exact) mass is 257 g/mol. The molecule has 1 heterocycles. The lowest BCUT2D eigenvalue weighted by atomic mass is 9.96. The van der Waals surface area contributed by atoms with Gasteiger partial charge in [0.1, 0.15) is 0 Å². The van der Waals surface area contributed by atoms with Crippen molar-refractivity contribution in [3.05, 3.63) is 5.82 Å². The van der Waals surface area contributed by atoms with E-state index in [1.54, 1.807) is 14.1 Å². The van der Waals surface area contributed by atoms with Gasteiger partial charge in [-0.25, -0.2) is 4.68 Å². The first-order valence-electron chi connectivity index (χ1n) is 5.27. The van der Waals surface area contributed by atoms with E-state index in [2.05, 4.69) is 10.2 Å². The van der Waals surface area contributed by atoms with E-state index in [1.807, 2.05) is 20.8 Å². The molecular weight excluding hydrogens is 238 g/mol. The van der Waals surface area contributed by atoms with Gasteiger partial charge < -0.3 is 10.7 Å². The van der Waals surface area contributed by atoms with E-state index in [0.29, 0.717) is 16.7 Å². The second kappa shape index (κ2) is 4.95. The summed E-state index contributed by atoms with van der Waals surface area (Å²) >= 11 is 1.29. The summed E-state index contributed by atoms with van der Waals surface area (Å²) in [5.74, 6) is 6.94. The van der Waals surface area contributed by atoms with E-state index in [1.165, 1.54) is 21.3 Å². The molecule has 0 aliphatic rings. The van der Waals surface area contributed by atoms with Gasteiger partial charge in [-0.1, -0.05) is 32.5 Å². The normalized spacial score (nSPS) is 11.6. The van der Waals surface area contributed by atoms with Crippen LogP contribution in [0.25, 0.3) is 0 Å². The van der Waals surface area contributed by atoms with Crippen LogP contribution in [0.5, 0.6) is 0 Å². The largest absolute Gasteiger partial charge is 0.348 e. The van der Waals surface area contributed by atoms with E-state index in [9.17, 15) is 4.79 Å². The lowest BCUT2D eigenvalue weighted by Gasteiger charge is -2.16. The number of rotatable bonds is 3. The molecular formula is C10H19N5OS. The minimum atomic E-state index is -0.161. The predicted molar refractivity (Wildman–Crippen MR) is 68.3 cm³/mol. The van der Waals surface area contributed by atoms with E-state index in [-0.39, 0.29) is 11.3 Å². The molecule has 0 aliphatic carbocycles. The van der Waals surface area contributed by atoms with Crippen molar-refractivity contribution in [2.75, 3.05) is 25.7 Å². The van der Waals surface area contributed by atoms with E-state index >= 15 is 0 Å². The molecule has 2 N–H and O–H groups in total. The van der Waals surface area contributed by atoms with Gasteiger partial charge in [-0.05, 0) is 0 Å². The molecule has 17 heavy (non-hydrogen) atoms. The first kappa shape index (κ1) is 13.8. The highest BCUT2D eigenvalue weighted by Gasteiger charge is 2.23. The van der Waals surface area contributed by atoms with Crippen LogP contribution in [-0.2, 0) is 10.2 Å². The van der Waals surface area contributed by atoms with Crippen molar-refractivity contribution in [2.45, 2.75) is 31.3 Å². The molecule has 96 valence electrons. The predicted octanol–water partition coefficient (Wildman–Crippen LogP) is 0.470. The smallest absolute Gasteiger partial charge is 0.232 e. The number of hydrogen-bond donors (Lipinski definition) is 1. The van der Waals surface area contributed by atoms with Crippen LogP contribution in [-0.4, -0.2) is 45.5 Å². The van der Waals surface area contributed by atoms with Gasteiger partial charge in [-0.15, -0.1) is 10.2 Å². The van der Waals surface area contributed by atoms with Gasteiger partial charge in [0, 0.05) is 19.5 Å². The number of carbonyl (C=O) groups is 1. The Morgan fingerprint density at radius 3 is 2.41 bits per heavy atom. The first-order valence-corrected chi connectivity index (χ1v) is 6.26. The van der Waals surface area contributed by atoms with Crippen LogP contribution in [0.15, 0.2) is 5.16 Å². The van der Waals surface area contributed by atoms with Gasteiger partial charge in [0.25, 0.3) is 0 Å². The fourth-order valence-electron chi connectivity index (χ4n) is 1.14. The zero-order chi connectivity index (χ0) is 13.2. The average molecular weight is 257 g/mol. The molecule has 0 saturated heterocycles. The number of nitrogens with zero attached hydrogens (tertiary/aromatic N) is 4. The Labute approximate surface area is 106 Å². The quantitative estimate of drug-likeness (QED) is 0.629. The summed E-state index contributed by atoms with van der Waals surface area (Å²) in [6.45, 7) is 6.04. The van der Waals surface area contributed by atoms with Crippen molar-refractivity contribution < 1.29 is 4.79 Å². The van der Waals surface area contributed by atoms with Crippen molar-refractivity contribution in [1.82, 2.24) is 19.8 Å². The van der Waals surface area contributed by atoms with Crippen molar-refractivity contribution >= 4 is 17.7 Å². The lowest BCUT2D eigenvalue weighted by Crippen LogP contribution is -2.25. The minimum absolute atomic E-state index is 0.0234. The topological polar surface area (TPSA) is 77.0 Å². The first-order chi connectivity index (χ1) is 7.73. The van der Waals surface area contributed by atoms with Gasteiger partial charge in [0.15, 0.2) is 5.82 Å². The maximum absolute atomic E-state index is 11.4.